The first-order chi connectivity index (χ1) is 9.03. The second-order valence-corrected chi connectivity index (χ2v) is 5.71. The Morgan fingerprint density at radius 2 is 2.00 bits per heavy atom. The molecule has 0 atom stereocenters. The number of furan rings is 1. The number of carbonyl (C=O) groups is 2. The summed E-state index contributed by atoms with van der Waals surface area (Å²) in [7, 11) is 0. The lowest BCUT2D eigenvalue weighted by Crippen LogP contribution is -2.44. The average Bonchev–Trinajstić information content (AvgIpc) is 2.83. The molecule has 2 rings (SSSR count). The van der Waals surface area contributed by atoms with Crippen molar-refractivity contribution in [2.75, 3.05) is 6.54 Å². The Morgan fingerprint density at radius 1 is 1.32 bits per heavy atom. The molecule has 2 N–H and O–H groups in total. The first kappa shape index (κ1) is 14.1. The van der Waals surface area contributed by atoms with Gasteiger partial charge in [-0.05, 0) is 40.9 Å². The van der Waals surface area contributed by atoms with Gasteiger partial charge < -0.3 is 14.8 Å². The number of aliphatic carboxylic acids is 1. The summed E-state index contributed by atoms with van der Waals surface area (Å²) in [5.41, 5.74) is -0.822. The normalized spacial score (nSPS) is 17.9. The van der Waals surface area contributed by atoms with Gasteiger partial charge in [-0.25, -0.2) is 0 Å². The van der Waals surface area contributed by atoms with Gasteiger partial charge in [-0.1, -0.05) is 19.3 Å². The van der Waals surface area contributed by atoms with E-state index in [1.807, 2.05) is 0 Å². The van der Waals surface area contributed by atoms with E-state index in [1.165, 1.54) is 0 Å². The minimum atomic E-state index is -0.826. The minimum absolute atomic E-state index is 0.152. The molecule has 0 aromatic carbocycles. The number of carboxylic acid groups (broad SMARTS) is 1. The third-order valence-electron chi connectivity index (χ3n) is 3.65. The molecule has 1 saturated carbocycles. The molecule has 1 aliphatic rings. The van der Waals surface area contributed by atoms with Crippen molar-refractivity contribution in [3.8, 4) is 0 Å². The van der Waals surface area contributed by atoms with Crippen LogP contribution in [0.5, 0.6) is 0 Å². The largest absolute Gasteiger partial charge is 0.481 e. The molecule has 1 aliphatic carbocycles. The Hall–Kier alpha value is -1.30. The summed E-state index contributed by atoms with van der Waals surface area (Å²) in [6.07, 6.45) is 4.09. The monoisotopic (exact) mass is 329 g/mol. The SMILES string of the molecule is O=C(NCC1(C(=O)O)CCCCC1)c1ccc(Br)o1. The van der Waals surface area contributed by atoms with Crippen molar-refractivity contribution in [2.24, 2.45) is 5.41 Å². The highest BCUT2D eigenvalue weighted by molar-refractivity contribution is 9.10. The molecular formula is C13H16BrNO4. The van der Waals surface area contributed by atoms with Crippen LogP contribution < -0.4 is 5.32 Å². The van der Waals surface area contributed by atoms with Crippen LogP contribution >= 0.6 is 15.9 Å². The van der Waals surface area contributed by atoms with E-state index in [2.05, 4.69) is 21.2 Å². The van der Waals surface area contributed by atoms with Gasteiger partial charge in [0.05, 0.1) is 5.41 Å². The summed E-state index contributed by atoms with van der Waals surface area (Å²) < 4.78 is 5.61. The fourth-order valence-electron chi connectivity index (χ4n) is 2.47. The van der Waals surface area contributed by atoms with Gasteiger partial charge in [-0.3, -0.25) is 9.59 Å². The standard InChI is InChI=1S/C13H16BrNO4/c14-10-5-4-9(19-10)11(16)15-8-13(12(17)18)6-2-1-3-7-13/h4-5H,1-3,6-8H2,(H,15,16)(H,17,18). The Bertz CT molecular complexity index is 477. The predicted octanol–water partition coefficient (Wildman–Crippen LogP) is 2.81. The Kier molecular flexibility index (Phi) is 4.29. The lowest BCUT2D eigenvalue weighted by molar-refractivity contribution is -0.150. The highest BCUT2D eigenvalue weighted by Gasteiger charge is 2.39. The number of halogens is 1. The highest BCUT2D eigenvalue weighted by atomic mass is 79.9. The van der Waals surface area contributed by atoms with Crippen molar-refractivity contribution in [2.45, 2.75) is 32.1 Å². The van der Waals surface area contributed by atoms with Crippen LogP contribution in [0.3, 0.4) is 0 Å². The van der Waals surface area contributed by atoms with Gasteiger partial charge in [-0.2, -0.15) is 0 Å². The van der Waals surface area contributed by atoms with E-state index >= 15 is 0 Å². The summed E-state index contributed by atoms with van der Waals surface area (Å²) in [6, 6.07) is 3.18. The molecule has 1 aromatic heterocycles. The van der Waals surface area contributed by atoms with Gasteiger partial charge >= 0.3 is 5.97 Å². The van der Waals surface area contributed by atoms with Crippen LogP contribution in [0.15, 0.2) is 21.2 Å². The van der Waals surface area contributed by atoms with Crippen LogP contribution in [0.1, 0.15) is 42.7 Å². The van der Waals surface area contributed by atoms with Crippen molar-refractivity contribution in [1.29, 1.82) is 0 Å². The van der Waals surface area contributed by atoms with Crippen LogP contribution in [0.2, 0.25) is 0 Å². The molecule has 5 nitrogen and oxygen atoms in total. The number of hydrogen-bond donors (Lipinski definition) is 2. The highest BCUT2D eigenvalue weighted by Crippen LogP contribution is 2.36. The summed E-state index contributed by atoms with van der Waals surface area (Å²) in [5.74, 6) is -1.02. The van der Waals surface area contributed by atoms with Crippen molar-refractivity contribution in [3.05, 3.63) is 22.6 Å². The lowest BCUT2D eigenvalue weighted by Gasteiger charge is -2.33. The van der Waals surface area contributed by atoms with E-state index in [9.17, 15) is 14.7 Å². The number of hydrogen-bond acceptors (Lipinski definition) is 3. The molecule has 19 heavy (non-hydrogen) atoms. The summed E-state index contributed by atoms with van der Waals surface area (Å²) in [6.45, 7) is 0.152. The summed E-state index contributed by atoms with van der Waals surface area (Å²) in [4.78, 5) is 23.3. The fraction of sp³-hybridized carbons (Fsp3) is 0.538. The molecule has 6 heteroatoms. The number of rotatable bonds is 4. The van der Waals surface area contributed by atoms with Crippen LogP contribution in [0.25, 0.3) is 0 Å². The molecule has 0 unspecified atom stereocenters. The smallest absolute Gasteiger partial charge is 0.311 e. The van der Waals surface area contributed by atoms with Crippen LogP contribution in [0, 0.1) is 5.41 Å². The van der Waals surface area contributed by atoms with Crippen molar-refractivity contribution in [3.63, 3.8) is 0 Å². The van der Waals surface area contributed by atoms with E-state index in [0.29, 0.717) is 17.5 Å². The number of carboxylic acids is 1. The summed E-state index contributed by atoms with van der Waals surface area (Å²) >= 11 is 3.12. The zero-order valence-electron chi connectivity index (χ0n) is 10.4. The maximum atomic E-state index is 11.8. The lowest BCUT2D eigenvalue weighted by atomic mass is 9.74. The van der Waals surface area contributed by atoms with Gasteiger partial charge in [0, 0.05) is 6.54 Å². The van der Waals surface area contributed by atoms with E-state index in [0.717, 1.165) is 19.3 Å². The average molecular weight is 330 g/mol. The number of carbonyl (C=O) groups excluding carboxylic acids is 1. The summed E-state index contributed by atoms with van der Waals surface area (Å²) in [5, 5.41) is 12.1. The Labute approximate surface area is 119 Å². The van der Waals surface area contributed by atoms with E-state index < -0.39 is 11.4 Å². The van der Waals surface area contributed by atoms with Crippen LogP contribution in [-0.2, 0) is 4.79 Å². The second kappa shape index (κ2) is 5.77. The second-order valence-electron chi connectivity index (χ2n) is 4.93. The molecule has 1 heterocycles. The first-order valence-electron chi connectivity index (χ1n) is 6.30. The van der Waals surface area contributed by atoms with Gasteiger partial charge in [0.2, 0.25) is 0 Å². The molecule has 1 aromatic rings. The molecule has 1 amide bonds. The number of nitrogens with one attached hydrogen (secondary N) is 1. The van der Waals surface area contributed by atoms with Gasteiger partial charge in [-0.15, -0.1) is 0 Å². The zero-order chi connectivity index (χ0) is 13.9. The Morgan fingerprint density at radius 3 is 2.53 bits per heavy atom. The fourth-order valence-corrected chi connectivity index (χ4v) is 2.77. The maximum Gasteiger partial charge on any atom is 0.311 e. The van der Waals surface area contributed by atoms with E-state index in [1.54, 1.807) is 12.1 Å². The molecular weight excluding hydrogens is 314 g/mol. The number of amides is 1. The van der Waals surface area contributed by atoms with Crippen LogP contribution in [-0.4, -0.2) is 23.5 Å². The molecule has 1 fully saturated rings. The predicted molar refractivity (Wildman–Crippen MR) is 71.9 cm³/mol. The molecule has 104 valence electrons. The minimum Gasteiger partial charge on any atom is -0.481 e. The maximum absolute atomic E-state index is 11.8. The molecule has 0 saturated heterocycles. The zero-order valence-corrected chi connectivity index (χ0v) is 12.0. The molecule has 0 aliphatic heterocycles. The molecule has 0 bridgehead atoms. The van der Waals surface area contributed by atoms with Crippen molar-refractivity contribution < 1.29 is 19.1 Å². The molecule has 0 spiro atoms. The van der Waals surface area contributed by atoms with Gasteiger partial charge in [0.25, 0.3) is 5.91 Å². The third-order valence-corrected chi connectivity index (χ3v) is 4.07. The Balaban J connectivity index is 1.99. The topological polar surface area (TPSA) is 79.5 Å². The van der Waals surface area contributed by atoms with E-state index in [4.69, 9.17) is 4.42 Å². The third kappa shape index (κ3) is 3.18. The van der Waals surface area contributed by atoms with Gasteiger partial charge in [0.1, 0.15) is 0 Å². The van der Waals surface area contributed by atoms with Crippen LogP contribution in [0.4, 0.5) is 0 Å². The van der Waals surface area contributed by atoms with Crippen molar-refractivity contribution >= 4 is 27.8 Å². The van der Waals surface area contributed by atoms with Crippen molar-refractivity contribution in [1.82, 2.24) is 5.32 Å². The van der Waals surface area contributed by atoms with E-state index in [-0.39, 0.29) is 18.2 Å². The first-order valence-corrected chi connectivity index (χ1v) is 7.10. The quantitative estimate of drug-likeness (QED) is 0.890. The molecule has 0 radical (unpaired) electrons. The van der Waals surface area contributed by atoms with Gasteiger partial charge in [0.15, 0.2) is 10.4 Å².